The maximum atomic E-state index is 11.6. The number of pyridine rings is 1. The number of rotatable bonds is 2. The van der Waals surface area contributed by atoms with Crippen molar-refractivity contribution in [2.75, 3.05) is 5.32 Å². The van der Waals surface area contributed by atoms with E-state index in [0.717, 1.165) is 22.7 Å². The van der Waals surface area contributed by atoms with E-state index in [1.165, 1.54) is 0 Å². The van der Waals surface area contributed by atoms with Gasteiger partial charge < -0.3 is 5.32 Å². The van der Waals surface area contributed by atoms with Crippen LogP contribution in [0.15, 0.2) is 12.3 Å². The number of aromatic nitrogens is 3. The number of hydrogen-bond acceptors (Lipinski definition) is 3. The molecule has 2 aromatic heterocycles. The number of nitrogens with zero attached hydrogens (tertiary/aromatic N) is 3. The third kappa shape index (κ3) is 2.27. The number of aryl methyl sites for hydroxylation is 2. The number of amides is 1. The highest BCUT2D eigenvalue weighted by Crippen LogP contribution is 2.15. The Kier molecular flexibility index (Phi) is 2.83. The van der Waals surface area contributed by atoms with Crippen molar-refractivity contribution in [3.8, 4) is 0 Å². The summed E-state index contributed by atoms with van der Waals surface area (Å²) in [6.07, 6.45) is 1.78. The molecule has 0 unspecified atom stereocenters. The van der Waals surface area contributed by atoms with Gasteiger partial charge in [-0.25, -0.2) is 9.50 Å². The Morgan fingerprint density at radius 1 is 1.41 bits per heavy atom. The van der Waals surface area contributed by atoms with E-state index in [9.17, 15) is 4.79 Å². The Balaban J connectivity index is 2.39. The lowest BCUT2D eigenvalue weighted by Gasteiger charge is -2.08. The lowest BCUT2D eigenvalue weighted by molar-refractivity contribution is -0.118. The first-order valence-electron chi connectivity index (χ1n) is 5.62. The summed E-state index contributed by atoms with van der Waals surface area (Å²) in [5.41, 5.74) is 2.57. The highest BCUT2D eigenvalue weighted by Gasteiger charge is 2.10. The topological polar surface area (TPSA) is 59.3 Å². The zero-order valence-corrected chi connectivity index (χ0v) is 10.5. The Bertz CT molecular complexity index is 571. The summed E-state index contributed by atoms with van der Waals surface area (Å²) in [5, 5.41) is 7.10. The molecule has 2 rings (SSSR count). The normalized spacial score (nSPS) is 11.1. The van der Waals surface area contributed by atoms with E-state index in [1.54, 1.807) is 10.7 Å². The van der Waals surface area contributed by atoms with Gasteiger partial charge in [0.05, 0.1) is 11.9 Å². The van der Waals surface area contributed by atoms with Crippen LogP contribution in [0.2, 0.25) is 0 Å². The highest BCUT2D eigenvalue weighted by molar-refractivity contribution is 5.92. The minimum Gasteiger partial charge on any atom is -0.324 e. The summed E-state index contributed by atoms with van der Waals surface area (Å²) < 4.78 is 1.70. The van der Waals surface area contributed by atoms with Crippen LogP contribution in [0.3, 0.4) is 0 Å². The van der Waals surface area contributed by atoms with Gasteiger partial charge in [0.2, 0.25) is 5.91 Å². The molecule has 0 saturated heterocycles. The van der Waals surface area contributed by atoms with Crippen LogP contribution in [0.4, 0.5) is 5.69 Å². The summed E-state index contributed by atoms with van der Waals surface area (Å²) in [4.78, 5) is 15.9. The van der Waals surface area contributed by atoms with E-state index >= 15 is 0 Å². The molecule has 0 spiro atoms. The number of carbonyl (C=O) groups is 1. The largest absolute Gasteiger partial charge is 0.324 e. The van der Waals surface area contributed by atoms with Crippen LogP contribution in [-0.4, -0.2) is 20.5 Å². The number of nitrogens with one attached hydrogen (secondary N) is 1. The lowest BCUT2D eigenvalue weighted by Crippen LogP contribution is -2.18. The average molecular weight is 232 g/mol. The Morgan fingerprint density at radius 3 is 2.76 bits per heavy atom. The molecule has 0 aliphatic rings. The fourth-order valence-corrected chi connectivity index (χ4v) is 1.61. The van der Waals surface area contributed by atoms with E-state index in [1.807, 2.05) is 33.8 Å². The molecule has 0 atom stereocenters. The predicted molar refractivity (Wildman–Crippen MR) is 65.9 cm³/mol. The Labute approximate surface area is 99.9 Å². The van der Waals surface area contributed by atoms with Gasteiger partial charge in [-0.2, -0.15) is 5.10 Å². The van der Waals surface area contributed by atoms with Gasteiger partial charge in [0.25, 0.3) is 0 Å². The second kappa shape index (κ2) is 4.16. The summed E-state index contributed by atoms with van der Waals surface area (Å²) in [6, 6.07) is 1.91. The van der Waals surface area contributed by atoms with Gasteiger partial charge in [-0.1, -0.05) is 13.8 Å². The minimum atomic E-state index is -0.0384. The van der Waals surface area contributed by atoms with Crippen LogP contribution >= 0.6 is 0 Å². The van der Waals surface area contributed by atoms with E-state index in [2.05, 4.69) is 15.4 Å². The molecule has 0 fully saturated rings. The monoisotopic (exact) mass is 232 g/mol. The van der Waals surface area contributed by atoms with Gasteiger partial charge in [0.1, 0.15) is 5.82 Å². The number of anilines is 1. The van der Waals surface area contributed by atoms with Crippen molar-refractivity contribution >= 4 is 17.2 Å². The van der Waals surface area contributed by atoms with Gasteiger partial charge in [-0.05, 0) is 25.5 Å². The molecule has 0 saturated carbocycles. The average Bonchev–Trinajstić information content (AvgIpc) is 2.59. The lowest BCUT2D eigenvalue weighted by atomic mass is 10.2. The Morgan fingerprint density at radius 2 is 2.12 bits per heavy atom. The maximum Gasteiger partial charge on any atom is 0.226 e. The molecule has 1 amide bonds. The number of fused-ring (bicyclic) bond motifs is 1. The fourth-order valence-electron chi connectivity index (χ4n) is 1.61. The minimum absolute atomic E-state index is 0.000544. The first-order chi connectivity index (χ1) is 7.97. The first-order valence-corrected chi connectivity index (χ1v) is 5.62. The molecule has 17 heavy (non-hydrogen) atoms. The van der Waals surface area contributed by atoms with Gasteiger partial charge >= 0.3 is 0 Å². The molecule has 1 N–H and O–H groups in total. The van der Waals surface area contributed by atoms with Crippen LogP contribution in [-0.2, 0) is 4.79 Å². The van der Waals surface area contributed by atoms with Crippen molar-refractivity contribution < 1.29 is 4.79 Å². The SMILES string of the molecule is Cc1nc2c(C)cc(NC(=O)C(C)C)cn2n1. The molecule has 0 aromatic carbocycles. The zero-order chi connectivity index (χ0) is 12.6. The fraction of sp³-hybridized carbons (Fsp3) is 0.417. The maximum absolute atomic E-state index is 11.6. The summed E-state index contributed by atoms with van der Waals surface area (Å²) in [7, 11) is 0. The molecular formula is C12H16N4O. The smallest absolute Gasteiger partial charge is 0.226 e. The van der Waals surface area contributed by atoms with E-state index in [-0.39, 0.29) is 11.8 Å². The molecule has 5 nitrogen and oxygen atoms in total. The molecule has 5 heteroatoms. The van der Waals surface area contributed by atoms with Gasteiger partial charge in [0.15, 0.2) is 5.65 Å². The summed E-state index contributed by atoms with van der Waals surface area (Å²) >= 11 is 0. The molecule has 2 aromatic rings. The van der Waals surface area contributed by atoms with Crippen molar-refractivity contribution in [1.82, 2.24) is 14.6 Å². The zero-order valence-electron chi connectivity index (χ0n) is 10.5. The predicted octanol–water partition coefficient (Wildman–Crippen LogP) is 1.94. The third-order valence-corrected chi connectivity index (χ3v) is 2.52. The van der Waals surface area contributed by atoms with E-state index < -0.39 is 0 Å². The quantitative estimate of drug-likeness (QED) is 0.860. The third-order valence-electron chi connectivity index (χ3n) is 2.52. The van der Waals surface area contributed by atoms with Crippen LogP contribution in [0.25, 0.3) is 5.65 Å². The standard InChI is InChI=1S/C12H16N4O/c1-7(2)12(17)14-10-5-8(3)11-13-9(4)15-16(11)6-10/h5-7H,1-4H3,(H,14,17). The number of hydrogen-bond donors (Lipinski definition) is 1. The van der Waals surface area contributed by atoms with E-state index in [4.69, 9.17) is 0 Å². The summed E-state index contributed by atoms with van der Waals surface area (Å²) in [5.74, 6) is 0.685. The first kappa shape index (κ1) is 11.6. The molecular weight excluding hydrogens is 216 g/mol. The van der Waals surface area contributed by atoms with Crippen LogP contribution in [0.1, 0.15) is 25.2 Å². The van der Waals surface area contributed by atoms with Crippen molar-refractivity contribution in [3.05, 3.63) is 23.7 Å². The van der Waals surface area contributed by atoms with Crippen molar-refractivity contribution in [1.29, 1.82) is 0 Å². The molecule has 0 aliphatic heterocycles. The van der Waals surface area contributed by atoms with Crippen molar-refractivity contribution in [3.63, 3.8) is 0 Å². The highest BCUT2D eigenvalue weighted by atomic mass is 16.1. The molecule has 2 heterocycles. The van der Waals surface area contributed by atoms with Crippen molar-refractivity contribution in [2.24, 2.45) is 5.92 Å². The molecule has 90 valence electrons. The van der Waals surface area contributed by atoms with Crippen LogP contribution in [0.5, 0.6) is 0 Å². The van der Waals surface area contributed by atoms with Gasteiger partial charge in [-0.3, -0.25) is 4.79 Å². The molecule has 0 aliphatic carbocycles. The van der Waals surface area contributed by atoms with E-state index in [0.29, 0.717) is 0 Å². The van der Waals surface area contributed by atoms with Gasteiger partial charge in [-0.15, -0.1) is 0 Å². The second-order valence-corrected chi connectivity index (χ2v) is 4.48. The van der Waals surface area contributed by atoms with Crippen molar-refractivity contribution in [2.45, 2.75) is 27.7 Å². The Hall–Kier alpha value is -1.91. The van der Waals surface area contributed by atoms with Gasteiger partial charge in [0, 0.05) is 5.92 Å². The molecule has 0 radical (unpaired) electrons. The summed E-state index contributed by atoms with van der Waals surface area (Å²) in [6.45, 7) is 7.52. The second-order valence-electron chi connectivity index (χ2n) is 4.48. The van der Waals surface area contributed by atoms with Crippen LogP contribution in [0, 0.1) is 19.8 Å². The molecule has 0 bridgehead atoms. The van der Waals surface area contributed by atoms with Crippen LogP contribution < -0.4 is 5.32 Å². The number of carbonyl (C=O) groups excluding carboxylic acids is 1.